The van der Waals surface area contributed by atoms with Gasteiger partial charge in [0.15, 0.2) is 0 Å². The number of benzene rings is 3. The van der Waals surface area contributed by atoms with Crippen molar-refractivity contribution in [2.45, 2.75) is 6.42 Å². The first kappa shape index (κ1) is 11.0. The second-order valence-corrected chi connectivity index (χ2v) is 4.30. The Balaban J connectivity index is 1.92. The molecule has 0 heterocycles. The summed E-state index contributed by atoms with van der Waals surface area (Å²) in [6, 6.07) is 23.1. The first-order chi connectivity index (χ1) is 8.81. The van der Waals surface area contributed by atoms with Crippen molar-refractivity contribution in [1.29, 1.82) is 0 Å². The Labute approximate surface area is 106 Å². The normalized spacial score (nSPS) is 10.7. The summed E-state index contributed by atoms with van der Waals surface area (Å²) in [5.74, 6) is -0.294. The third-order valence-corrected chi connectivity index (χ3v) is 2.96. The van der Waals surface area contributed by atoms with Gasteiger partial charge in [-0.15, -0.1) is 0 Å². The van der Waals surface area contributed by atoms with Crippen LogP contribution in [0.25, 0.3) is 10.8 Å². The Kier molecular flexibility index (Phi) is 2.81. The van der Waals surface area contributed by atoms with Gasteiger partial charge in [0.2, 0.25) is 0 Å². The molecule has 0 aliphatic rings. The molecule has 0 nitrogen and oxygen atoms in total. The lowest BCUT2D eigenvalue weighted by Crippen LogP contribution is -1.89. The molecular weight excluding hydrogens is 223 g/mol. The van der Waals surface area contributed by atoms with Crippen LogP contribution in [-0.2, 0) is 6.42 Å². The minimum absolute atomic E-state index is 0.294. The van der Waals surface area contributed by atoms with Gasteiger partial charge in [-0.05, 0) is 52.6 Å². The number of halogens is 1. The molecule has 0 saturated heterocycles. The highest BCUT2D eigenvalue weighted by atomic mass is 19.1. The molecule has 0 atom stereocenters. The largest absolute Gasteiger partial charge is 0.207 e. The van der Waals surface area contributed by atoms with Crippen molar-refractivity contribution >= 4 is 10.8 Å². The highest BCUT2D eigenvalue weighted by molar-refractivity contribution is 5.83. The van der Waals surface area contributed by atoms with E-state index >= 15 is 0 Å². The maximum absolute atomic E-state index is 12.8. The zero-order valence-corrected chi connectivity index (χ0v) is 9.78. The molecule has 3 aromatic rings. The first-order valence-electron chi connectivity index (χ1n) is 5.87. The molecule has 0 aliphatic carbocycles. The maximum atomic E-state index is 12.8. The average Bonchev–Trinajstić information content (AvgIpc) is 2.41. The van der Waals surface area contributed by atoms with Crippen LogP contribution in [0.3, 0.4) is 0 Å². The molecule has 2 radical (unpaired) electrons. The molecular formula is C17H11F. The molecule has 1 heteroatoms. The summed E-state index contributed by atoms with van der Waals surface area (Å²) in [5.41, 5.74) is 2.07. The summed E-state index contributed by atoms with van der Waals surface area (Å²) >= 11 is 0. The molecule has 0 bridgehead atoms. The van der Waals surface area contributed by atoms with Crippen LogP contribution in [0.1, 0.15) is 11.1 Å². The van der Waals surface area contributed by atoms with Crippen LogP contribution in [0.4, 0.5) is 4.39 Å². The van der Waals surface area contributed by atoms with Crippen LogP contribution in [0, 0.1) is 17.9 Å². The molecule has 0 saturated carbocycles. The van der Waals surface area contributed by atoms with Gasteiger partial charge in [0, 0.05) is 0 Å². The van der Waals surface area contributed by atoms with E-state index in [0.717, 1.165) is 12.0 Å². The highest BCUT2D eigenvalue weighted by Crippen LogP contribution is 2.17. The topological polar surface area (TPSA) is 0 Å². The monoisotopic (exact) mass is 234 g/mol. The summed E-state index contributed by atoms with van der Waals surface area (Å²) in [7, 11) is 0. The van der Waals surface area contributed by atoms with E-state index in [9.17, 15) is 4.39 Å². The maximum Gasteiger partial charge on any atom is 0.124 e. The minimum atomic E-state index is -0.294. The molecule has 0 fully saturated rings. The molecule has 0 aliphatic heterocycles. The lowest BCUT2D eigenvalue weighted by Gasteiger charge is -2.03. The fourth-order valence-electron chi connectivity index (χ4n) is 2.05. The zero-order chi connectivity index (χ0) is 12.4. The van der Waals surface area contributed by atoms with E-state index in [1.807, 2.05) is 12.1 Å². The van der Waals surface area contributed by atoms with E-state index in [4.69, 9.17) is 0 Å². The van der Waals surface area contributed by atoms with Crippen molar-refractivity contribution < 1.29 is 4.39 Å². The van der Waals surface area contributed by atoms with Crippen LogP contribution in [0.2, 0.25) is 0 Å². The second kappa shape index (κ2) is 4.61. The molecule has 86 valence electrons. The van der Waals surface area contributed by atoms with E-state index in [-0.39, 0.29) is 5.82 Å². The van der Waals surface area contributed by atoms with Gasteiger partial charge < -0.3 is 0 Å². The fourth-order valence-corrected chi connectivity index (χ4v) is 2.05. The molecule has 3 rings (SSSR count). The smallest absolute Gasteiger partial charge is 0.124 e. The number of hydrogen-bond acceptors (Lipinski definition) is 0. The molecule has 0 amide bonds. The van der Waals surface area contributed by atoms with Gasteiger partial charge in [0.05, 0.1) is 0 Å². The second-order valence-electron chi connectivity index (χ2n) is 4.30. The molecule has 0 aromatic heterocycles. The van der Waals surface area contributed by atoms with Gasteiger partial charge in [0.25, 0.3) is 0 Å². The van der Waals surface area contributed by atoms with Crippen molar-refractivity contribution in [2.24, 2.45) is 0 Å². The number of fused-ring (bicyclic) bond motifs is 1. The van der Waals surface area contributed by atoms with E-state index in [1.165, 1.54) is 28.5 Å². The molecule has 18 heavy (non-hydrogen) atoms. The van der Waals surface area contributed by atoms with E-state index in [1.54, 1.807) is 0 Å². The Morgan fingerprint density at radius 3 is 2.39 bits per heavy atom. The molecule has 3 aromatic carbocycles. The summed E-state index contributed by atoms with van der Waals surface area (Å²) in [6.07, 6.45) is 0.727. The summed E-state index contributed by atoms with van der Waals surface area (Å²) in [5, 5.41) is 2.45. The van der Waals surface area contributed by atoms with Crippen LogP contribution in [0.5, 0.6) is 0 Å². The predicted molar refractivity (Wildman–Crippen MR) is 70.8 cm³/mol. The Morgan fingerprint density at radius 2 is 1.61 bits per heavy atom. The lowest BCUT2D eigenvalue weighted by atomic mass is 10.0. The quantitative estimate of drug-likeness (QED) is 0.624. The van der Waals surface area contributed by atoms with Gasteiger partial charge in [-0.25, -0.2) is 4.39 Å². The summed E-state index contributed by atoms with van der Waals surface area (Å²) < 4.78 is 12.8. The van der Waals surface area contributed by atoms with Crippen molar-refractivity contribution in [3.05, 3.63) is 83.7 Å². The molecule has 0 spiro atoms. The van der Waals surface area contributed by atoms with Crippen molar-refractivity contribution in [1.82, 2.24) is 0 Å². The number of hydrogen-bond donors (Lipinski definition) is 0. The fraction of sp³-hybridized carbons (Fsp3) is 0.0588. The third-order valence-electron chi connectivity index (χ3n) is 2.96. The van der Waals surface area contributed by atoms with E-state index in [0.29, 0.717) is 0 Å². The van der Waals surface area contributed by atoms with Gasteiger partial charge in [-0.3, -0.25) is 0 Å². The Bertz CT molecular complexity index is 669. The molecule has 0 N–H and O–H groups in total. The van der Waals surface area contributed by atoms with Crippen molar-refractivity contribution in [2.75, 3.05) is 0 Å². The SMILES string of the molecule is Fc1c[c]c(Cc2ccc3ccccc3c2)[c]c1. The van der Waals surface area contributed by atoms with Crippen molar-refractivity contribution in [3.63, 3.8) is 0 Å². The van der Waals surface area contributed by atoms with Gasteiger partial charge >= 0.3 is 0 Å². The van der Waals surface area contributed by atoms with Gasteiger partial charge in [-0.2, -0.15) is 0 Å². The zero-order valence-electron chi connectivity index (χ0n) is 9.78. The van der Waals surface area contributed by atoms with Crippen molar-refractivity contribution in [3.8, 4) is 0 Å². The minimum Gasteiger partial charge on any atom is -0.207 e. The Hall–Kier alpha value is -2.15. The lowest BCUT2D eigenvalue weighted by molar-refractivity contribution is 0.626. The average molecular weight is 234 g/mol. The van der Waals surface area contributed by atoms with E-state index < -0.39 is 0 Å². The van der Waals surface area contributed by atoms with E-state index in [2.05, 4.69) is 42.5 Å². The van der Waals surface area contributed by atoms with Gasteiger partial charge in [0.1, 0.15) is 5.82 Å². The Morgan fingerprint density at radius 1 is 0.889 bits per heavy atom. The first-order valence-corrected chi connectivity index (χ1v) is 5.87. The number of rotatable bonds is 2. The standard InChI is InChI=1S/C17H11F/c18-17-9-6-13(7-10-17)11-14-5-8-15-3-1-2-4-16(15)12-14/h1-5,8-10,12H,11H2. The van der Waals surface area contributed by atoms with Crippen LogP contribution in [-0.4, -0.2) is 0 Å². The van der Waals surface area contributed by atoms with Crippen LogP contribution in [0.15, 0.2) is 54.6 Å². The predicted octanol–water partition coefficient (Wildman–Crippen LogP) is 4.17. The third kappa shape index (κ3) is 2.25. The summed E-state index contributed by atoms with van der Waals surface area (Å²) in [4.78, 5) is 0. The van der Waals surface area contributed by atoms with Gasteiger partial charge in [-0.1, -0.05) is 42.5 Å². The highest BCUT2D eigenvalue weighted by Gasteiger charge is 1.99. The molecule has 0 unspecified atom stereocenters. The van der Waals surface area contributed by atoms with Crippen LogP contribution >= 0.6 is 0 Å². The van der Waals surface area contributed by atoms with Crippen LogP contribution < -0.4 is 0 Å². The summed E-state index contributed by atoms with van der Waals surface area (Å²) in [6.45, 7) is 0.